The summed E-state index contributed by atoms with van der Waals surface area (Å²) >= 11 is 0. The van der Waals surface area contributed by atoms with Crippen LogP contribution in [0.1, 0.15) is 17.3 Å². The minimum atomic E-state index is -1.78. The maximum Gasteiger partial charge on any atom is 0.229 e. The lowest BCUT2D eigenvalue weighted by Gasteiger charge is -2.39. The average Bonchev–Trinajstić information content (AvgIpc) is 2.50. The maximum absolute atomic E-state index is 11.5. The van der Waals surface area contributed by atoms with E-state index in [1.54, 1.807) is 0 Å². The molecule has 2 rings (SSSR count). The SMILES string of the molecule is CC(=O)c1c(O)cc(O)c(OC2OC(CO)C(O)C(O)C2O)c1O. The van der Waals surface area contributed by atoms with E-state index in [0.29, 0.717) is 0 Å². The summed E-state index contributed by atoms with van der Waals surface area (Å²) < 4.78 is 10.2. The second-order valence-corrected chi connectivity index (χ2v) is 5.34. The number of phenols is 3. The van der Waals surface area contributed by atoms with Crippen molar-refractivity contribution in [3.63, 3.8) is 0 Å². The Kier molecular flexibility index (Phi) is 5.16. The standard InChI is InChI=1S/C14H18O10/c1-4(16)8-5(17)2-6(18)13(10(8)20)24-14-12(22)11(21)9(19)7(3-15)23-14/h2,7,9,11-12,14-15,17-22H,3H2,1H3. The number of phenolic OH excluding ortho intramolecular Hbond substituents is 3. The smallest absolute Gasteiger partial charge is 0.229 e. The first kappa shape index (κ1) is 18.2. The van der Waals surface area contributed by atoms with Crippen molar-refractivity contribution in [2.24, 2.45) is 0 Å². The number of rotatable bonds is 4. The molecule has 0 aromatic heterocycles. The highest BCUT2D eigenvalue weighted by Gasteiger charge is 2.45. The molecule has 0 bridgehead atoms. The fourth-order valence-corrected chi connectivity index (χ4v) is 2.37. The molecule has 1 saturated heterocycles. The van der Waals surface area contributed by atoms with Crippen LogP contribution in [0.4, 0.5) is 0 Å². The number of aliphatic hydroxyl groups excluding tert-OH is 4. The highest BCUT2D eigenvalue weighted by atomic mass is 16.7. The molecule has 1 aliphatic rings. The number of hydrogen-bond acceptors (Lipinski definition) is 10. The molecular weight excluding hydrogens is 328 g/mol. The van der Waals surface area contributed by atoms with Gasteiger partial charge in [0.05, 0.1) is 6.61 Å². The summed E-state index contributed by atoms with van der Waals surface area (Å²) in [7, 11) is 0. The first-order chi connectivity index (χ1) is 11.2. The quantitative estimate of drug-likeness (QED) is 0.307. The van der Waals surface area contributed by atoms with Crippen LogP contribution in [0.15, 0.2) is 6.07 Å². The third-order valence-corrected chi connectivity index (χ3v) is 3.65. The molecule has 134 valence electrons. The third kappa shape index (κ3) is 3.09. The molecule has 10 heteroatoms. The number of aliphatic hydroxyl groups is 4. The molecule has 10 nitrogen and oxygen atoms in total. The number of ketones is 1. The minimum absolute atomic E-state index is 0.521. The average molecular weight is 346 g/mol. The summed E-state index contributed by atoms with van der Waals surface area (Å²) in [5.74, 6) is -3.73. The van der Waals surface area contributed by atoms with Gasteiger partial charge >= 0.3 is 0 Å². The van der Waals surface area contributed by atoms with Gasteiger partial charge in [-0.2, -0.15) is 0 Å². The Hall–Kier alpha value is -2.11. The monoisotopic (exact) mass is 346 g/mol. The molecule has 1 fully saturated rings. The van der Waals surface area contributed by atoms with Gasteiger partial charge in [-0.05, 0) is 6.92 Å². The minimum Gasteiger partial charge on any atom is -0.507 e. The van der Waals surface area contributed by atoms with E-state index in [2.05, 4.69) is 0 Å². The topological polar surface area (TPSA) is 177 Å². The third-order valence-electron chi connectivity index (χ3n) is 3.65. The van der Waals surface area contributed by atoms with E-state index < -0.39 is 71.7 Å². The fraction of sp³-hybridized carbons (Fsp3) is 0.500. The van der Waals surface area contributed by atoms with Crippen LogP contribution in [0.2, 0.25) is 0 Å². The van der Waals surface area contributed by atoms with Crippen LogP contribution < -0.4 is 4.74 Å². The summed E-state index contributed by atoms with van der Waals surface area (Å²) in [5.41, 5.74) is -0.521. The van der Waals surface area contributed by atoms with Gasteiger partial charge in [0.2, 0.25) is 12.0 Å². The van der Waals surface area contributed by atoms with Gasteiger partial charge in [0.15, 0.2) is 17.3 Å². The van der Waals surface area contributed by atoms with Gasteiger partial charge in [-0.3, -0.25) is 4.79 Å². The van der Waals surface area contributed by atoms with Gasteiger partial charge in [0.25, 0.3) is 0 Å². The number of hydrogen-bond donors (Lipinski definition) is 7. The van der Waals surface area contributed by atoms with E-state index in [-0.39, 0.29) is 0 Å². The van der Waals surface area contributed by atoms with Crippen molar-refractivity contribution >= 4 is 5.78 Å². The van der Waals surface area contributed by atoms with Crippen molar-refractivity contribution in [2.45, 2.75) is 37.6 Å². The Balaban J connectivity index is 2.37. The molecule has 7 N–H and O–H groups in total. The zero-order valence-corrected chi connectivity index (χ0v) is 12.5. The van der Waals surface area contributed by atoms with Crippen LogP contribution in [-0.4, -0.2) is 78.8 Å². The van der Waals surface area contributed by atoms with Gasteiger partial charge in [0, 0.05) is 6.07 Å². The highest BCUT2D eigenvalue weighted by Crippen LogP contribution is 2.44. The molecule has 5 atom stereocenters. The Labute approximate surface area is 135 Å². The number of aromatic hydroxyl groups is 3. The fourth-order valence-electron chi connectivity index (χ4n) is 2.37. The molecule has 0 spiro atoms. The number of Topliss-reactive ketones (excluding diaryl/α,β-unsaturated/α-hetero) is 1. The highest BCUT2D eigenvalue weighted by molar-refractivity contribution is 6.00. The number of carbonyl (C=O) groups is 1. The summed E-state index contributed by atoms with van der Waals surface area (Å²) in [4.78, 5) is 11.5. The molecule has 24 heavy (non-hydrogen) atoms. The Bertz CT molecular complexity index is 628. The molecule has 1 aromatic carbocycles. The molecule has 0 amide bonds. The van der Waals surface area contributed by atoms with Crippen molar-refractivity contribution in [3.05, 3.63) is 11.6 Å². The largest absolute Gasteiger partial charge is 0.507 e. The normalized spacial score (nSPS) is 30.1. The Morgan fingerprint density at radius 2 is 1.75 bits per heavy atom. The van der Waals surface area contributed by atoms with Crippen molar-refractivity contribution in [1.29, 1.82) is 0 Å². The van der Waals surface area contributed by atoms with Crippen LogP contribution in [0, 0.1) is 0 Å². The summed E-state index contributed by atoms with van der Waals surface area (Å²) in [6.07, 6.45) is -8.06. The predicted octanol–water partition coefficient (Wildman–Crippen LogP) is -1.82. The van der Waals surface area contributed by atoms with Crippen LogP contribution in [-0.2, 0) is 4.74 Å². The van der Waals surface area contributed by atoms with E-state index in [1.165, 1.54) is 0 Å². The van der Waals surface area contributed by atoms with Crippen molar-refractivity contribution in [1.82, 2.24) is 0 Å². The zero-order valence-electron chi connectivity index (χ0n) is 12.5. The van der Waals surface area contributed by atoms with E-state index in [0.717, 1.165) is 13.0 Å². The van der Waals surface area contributed by atoms with Crippen LogP contribution in [0.5, 0.6) is 23.0 Å². The second kappa shape index (κ2) is 6.79. The van der Waals surface area contributed by atoms with E-state index >= 15 is 0 Å². The van der Waals surface area contributed by atoms with E-state index in [9.17, 15) is 35.4 Å². The summed E-state index contributed by atoms with van der Waals surface area (Å²) in [6, 6.07) is 0.746. The van der Waals surface area contributed by atoms with Gasteiger partial charge in [-0.15, -0.1) is 0 Å². The Morgan fingerprint density at radius 1 is 1.12 bits per heavy atom. The molecule has 1 aromatic rings. The predicted molar refractivity (Wildman–Crippen MR) is 75.8 cm³/mol. The van der Waals surface area contributed by atoms with Gasteiger partial charge in [-0.25, -0.2) is 0 Å². The Morgan fingerprint density at radius 3 is 2.29 bits per heavy atom. The van der Waals surface area contributed by atoms with E-state index in [4.69, 9.17) is 14.6 Å². The van der Waals surface area contributed by atoms with Crippen LogP contribution >= 0.6 is 0 Å². The summed E-state index contributed by atoms with van der Waals surface area (Å²) in [6.45, 7) is 0.362. The lowest BCUT2D eigenvalue weighted by Crippen LogP contribution is -2.60. The number of ether oxygens (including phenoxy) is 2. The van der Waals surface area contributed by atoms with Crippen molar-refractivity contribution in [3.8, 4) is 23.0 Å². The second-order valence-electron chi connectivity index (χ2n) is 5.34. The van der Waals surface area contributed by atoms with Crippen LogP contribution in [0.25, 0.3) is 0 Å². The molecule has 0 saturated carbocycles. The molecular formula is C14H18O10. The van der Waals surface area contributed by atoms with Gasteiger partial charge < -0.3 is 45.2 Å². The first-order valence-electron chi connectivity index (χ1n) is 6.95. The molecule has 0 aliphatic carbocycles. The zero-order chi connectivity index (χ0) is 18.2. The summed E-state index contributed by atoms with van der Waals surface area (Å²) in [5, 5.41) is 67.7. The lowest BCUT2D eigenvalue weighted by atomic mass is 9.99. The molecule has 5 unspecified atom stereocenters. The molecule has 0 radical (unpaired) electrons. The first-order valence-corrected chi connectivity index (χ1v) is 6.95. The number of benzene rings is 1. The van der Waals surface area contributed by atoms with Crippen LogP contribution in [0.3, 0.4) is 0 Å². The van der Waals surface area contributed by atoms with E-state index in [1.807, 2.05) is 0 Å². The molecule has 1 heterocycles. The number of carbonyl (C=O) groups excluding carboxylic acids is 1. The van der Waals surface area contributed by atoms with Crippen molar-refractivity contribution < 1.29 is 50.0 Å². The lowest BCUT2D eigenvalue weighted by molar-refractivity contribution is -0.277. The van der Waals surface area contributed by atoms with Gasteiger partial charge in [-0.1, -0.05) is 0 Å². The van der Waals surface area contributed by atoms with Gasteiger partial charge in [0.1, 0.15) is 35.7 Å². The maximum atomic E-state index is 11.5. The molecule has 1 aliphatic heterocycles. The van der Waals surface area contributed by atoms with Crippen molar-refractivity contribution in [2.75, 3.05) is 6.61 Å².